The number of amides is 2. The minimum absolute atomic E-state index is 0.0109. The summed E-state index contributed by atoms with van der Waals surface area (Å²) in [4.78, 5) is 37.1. The number of nitro groups is 1. The molecule has 0 aliphatic heterocycles. The van der Waals surface area contributed by atoms with Gasteiger partial charge in [-0.2, -0.15) is 0 Å². The van der Waals surface area contributed by atoms with Crippen molar-refractivity contribution in [1.29, 1.82) is 0 Å². The Balaban J connectivity index is 1.49. The summed E-state index contributed by atoms with van der Waals surface area (Å²) < 4.78 is 0. The number of nitro benzene ring substituents is 1. The highest BCUT2D eigenvalue weighted by Crippen LogP contribution is 2.23. The molecule has 2 amide bonds. The van der Waals surface area contributed by atoms with Crippen LogP contribution >= 0.6 is 0 Å². The Bertz CT molecular complexity index is 1130. The first-order valence-corrected chi connectivity index (χ1v) is 11.1. The molecule has 1 atom stereocenters. The summed E-state index contributed by atoms with van der Waals surface area (Å²) in [5.41, 5.74) is 2.99. The molecule has 3 aromatic carbocycles. The maximum Gasteiger partial charge on any atom is 0.269 e. The average Bonchev–Trinajstić information content (AvgIpc) is 2.86. The van der Waals surface area contributed by atoms with Crippen molar-refractivity contribution in [2.45, 2.75) is 25.8 Å². The van der Waals surface area contributed by atoms with Crippen molar-refractivity contribution in [2.24, 2.45) is 0 Å². The fourth-order valence-electron chi connectivity index (χ4n) is 3.46. The molecule has 0 saturated heterocycles. The van der Waals surface area contributed by atoms with E-state index >= 15 is 0 Å². The van der Waals surface area contributed by atoms with Crippen LogP contribution in [0.5, 0.6) is 0 Å². The van der Waals surface area contributed by atoms with Gasteiger partial charge in [-0.3, -0.25) is 19.7 Å². The van der Waals surface area contributed by atoms with E-state index in [4.69, 9.17) is 0 Å². The van der Waals surface area contributed by atoms with E-state index in [2.05, 4.69) is 10.6 Å². The molecule has 8 nitrogen and oxygen atoms in total. The van der Waals surface area contributed by atoms with E-state index in [1.807, 2.05) is 49.4 Å². The first kappa shape index (κ1) is 24.4. The molecule has 176 valence electrons. The molecule has 1 unspecified atom stereocenters. The quantitative estimate of drug-likeness (QED) is 0.244. The van der Waals surface area contributed by atoms with Gasteiger partial charge in [-0.05, 0) is 55.3 Å². The highest BCUT2D eigenvalue weighted by Gasteiger charge is 2.18. The number of hydrogen-bond acceptors (Lipinski definition) is 5. The predicted molar refractivity (Wildman–Crippen MR) is 133 cm³/mol. The van der Waals surface area contributed by atoms with Crippen LogP contribution in [0, 0.1) is 10.1 Å². The standard InChI is InChI=1S/C26H28N4O4/c1-19(21-10-6-11-23(18-21)28-26(32)20-8-4-3-5-9-20)29(2)25(31)12-7-17-27-22-13-15-24(16-14-22)30(33)34/h3-6,8-11,13-16,18-19,27H,7,12,17H2,1-2H3,(H,28,32). The third-order valence-corrected chi connectivity index (χ3v) is 5.61. The molecule has 8 heteroatoms. The first-order valence-electron chi connectivity index (χ1n) is 11.1. The zero-order chi connectivity index (χ0) is 24.5. The molecule has 34 heavy (non-hydrogen) atoms. The van der Waals surface area contributed by atoms with Crippen molar-refractivity contribution in [3.8, 4) is 0 Å². The molecular weight excluding hydrogens is 432 g/mol. The van der Waals surface area contributed by atoms with Gasteiger partial charge in [0, 0.05) is 49.1 Å². The van der Waals surface area contributed by atoms with Gasteiger partial charge in [-0.1, -0.05) is 30.3 Å². The second-order valence-corrected chi connectivity index (χ2v) is 7.96. The van der Waals surface area contributed by atoms with Crippen molar-refractivity contribution in [3.63, 3.8) is 0 Å². The number of carbonyl (C=O) groups excluding carboxylic acids is 2. The lowest BCUT2D eigenvalue weighted by molar-refractivity contribution is -0.384. The Hall–Kier alpha value is -4.20. The molecule has 0 spiro atoms. The highest BCUT2D eigenvalue weighted by atomic mass is 16.6. The molecule has 0 aliphatic rings. The Labute approximate surface area is 198 Å². The van der Waals surface area contributed by atoms with Crippen LogP contribution in [-0.4, -0.2) is 35.2 Å². The maximum atomic E-state index is 12.7. The lowest BCUT2D eigenvalue weighted by atomic mass is 10.1. The number of carbonyl (C=O) groups is 2. The number of hydrogen-bond donors (Lipinski definition) is 2. The van der Waals surface area contributed by atoms with E-state index in [9.17, 15) is 19.7 Å². The SMILES string of the molecule is CC(c1cccc(NC(=O)c2ccccc2)c1)N(C)C(=O)CCCNc1ccc([N+](=O)[O-])cc1. The Morgan fingerprint density at radius 1 is 0.971 bits per heavy atom. The largest absolute Gasteiger partial charge is 0.385 e. The average molecular weight is 461 g/mol. The molecular formula is C26H28N4O4. The second kappa shape index (κ2) is 11.6. The van der Waals surface area contributed by atoms with Crippen LogP contribution in [0.1, 0.15) is 41.7 Å². The van der Waals surface area contributed by atoms with Crippen LogP contribution in [0.3, 0.4) is 0 Å². The maximum absolute atomic E-state index is 12.7. The fourth-order valence-corrected chi connectivity index (χ4v) is 3.46. The Morgan fingerprint density at radius 2 is 1.68 bits per heavy atom. The van der Waals surface area contributed by atoms with Gasteiger partial charge in [0.1, 0.15) is 0 Å². The number of non-ortho nitro benzene ring substituents is 1. The summed E-state index contributed by atoms with van der Waals surface area (Å²) in [5, 5.41) is 16.8. The van der Waals surface area contributed by atoms with Gasteiger partial charge in [0.05, 0.1) is 11.0 Å². The zero-order valence-corrected chi connectivity index (χ0v) is 19.2. The molecule has 0 fully saturated rings. The van der Waals surface area contributed by atoms with E-state index in [0.717, 1.165) is 11.3 Å². The first-order chi connectivity index (χ1) is 16.3. The molecule has 0 radical (unpaired) electrons. The number of anilines is 2. The zero-order valence-electron chi connectivity index (χ0n) is 19.2. The van der Waals surface area contributed by atoms with Crippen molar-refractivity contribution in [1.82, 2.24) is 4.90 Å². The van der Waals surface area contributed by atoms with Crippen molar-refractivity contribution < 1.29 is 14.5 Å². The van der Waals surface area contributed by atoms with E-state index in [0.29, 0.717) is 30.6 Å². The Morgan fingerprint density at radius 3 is 2.35 bits per heavy atom. The van der Waals surface area contributed by atoms with Gasteiger partial charge in [-0.25, -0.2) is 0 Å². The van der Waals surface area contributed by atoms with E-state index < -0.39 is 4.92 Å². The van der Waals surface area contributed by atoms with Crippen LogP contribution in [0.25, 0.3) is 0 Å². The monoisotopic (exact) mass is 460 g/mol. The Kier molecular flexibility index (Phi) is 8.34. The molecule has 0 bridgehead atoms. The van der Waals surface area contributed by atoms with E-state index in [1.54, 1.807) is 36.2 Å². The van der Waals surface area contributed by atoms with Crippen molar-refractivity contribution >= 4 is 28.9 Å². The summed E-state index contributed by atoms with van der Waals surface area (Å²) in [6, 6.07) is 22.5. The van der Waals surface area contributed by atoms with Gasteiger partial charge in [0.15, 0.2) is 0 Å². The van der Waals surface area contributed by atoms with Crippen LogP contribution in [0.4, 0.5) is 17.1 Å². The lowest BCUT2D eigenvalue weighted by Gasteiger charge is -2.26. The smallest absolute Gasteiger partial charge is 0.269 e. The molecule has 0 aromatic heterocycles. The number of rotatable bonds is 10. The summed E-state index contributed by atoms with van der Waals surface area (Å²) in [7, 11) is 1.77. The molecule has 3 aromatic rings. The summed E-state index contributed by atoms with van der Waals surface area (Å²) in [6.07, 6.45) is 0.991. The molecule has 2 N–H and O–H groups in total. The highest BCUT2D eigenvalue weighted by molar-refractivity contribution is 6.04. The van der Waals surface area contributed by atoms with Crippen molar-refractivity contribution in [3.05, 3.63) is 100 Å². The molecule has 3 rings (SSSR count). The fraction of sp³-hybridized carbons (Fsp3) is 0.231. The van der Waals surface area contributed by atoms with Gasteiger partial charge >= 0.3 is 0 Å². The molecule has 0 heterocycles. The number of benzene rings is 3. The molecule has 0 saturated carbocycles. The van der Waals surface area contributed by atoms with E-state index in [-0.39, 0.29) is 23.5 Å². The second-order valence-electron chi connectivity index (χ2n) is 7.96. The minimum Gasteiger partial charge on any atom is -0.385 e. The normalized spacial score (nSPS) is 11.4. The third-order valence-electron chi connectivity index (χ3n) is 5.61. The van der Waals surface area contributed by atoms with Gasteiger partial charge in [0.2, 0.25) is 5.91 Å². The minimum atomic E-state index is -0.438. The van der Waals surface area contributed by atoms with Crippen LogP contribution < -0.4 is 10.6 Å². The van der Waals surface area contributed by atoms with Gasteiger partial charge in [0.25, 0.3) is 11.6 Å². The van der Waals surface area contributed by atoms with Crippen LogP contribution in [0.15, 0.2) is 78.9 Å². The summed E-state index contributed by atoms with van der Waals surface area (Å²) >= 11 is 0. The lowest BCUT2D eigenvalue weighted by Crippen LogP contribution is -2.29. The van der Waals surface area contributed by atoms with Crippen molar-refractivity contribution in [2.75, 3.05) is 24.2 Å². The third kappa shape index (κ3) is 6.65. The van der Waals surface area contributed by atoms with E-state index in [1.165, 1.54) is 12.1 Å². The summed E-state index contributed by atoms with van der Waals surface area (Å²) in [6.45, 7) is 2.53. The van der Waals surface area contributed by atoms with Gasteiger partial charge < -0.3 is 15.5 Å². The molecule has 0 aliphatic carbocycles. The van der Waals surface area contributed by atoms with Gasteiger partial charge in [-0.15, -0.1) is 0 Å². The summed E-state index contributed by atoms with van der Waals surface area (Å²) in [5.74, 6) is -0.174. The predicted octanol–water partition coefficient (Wildman–Crippen LogP) is 5.26. The van der Waals surface area contributed by atoms with Crippen LogP contribution in [-0.2, 0) is 4.79 Å². The van der Waals surface area contributed by atoms with Crippen LogP contribution in [0.2, 0.25) is 0 Å². The number of nitrogens with zero attached hydrogens (tertiary/aromatic N) is 2. The number of nitrogens with one attached hydrogen (secondary N) is 2. The topological polar surface area (TPSA) is 105 Å².